The highest BCUT2D eigenvalue weighted by Gasteiger charge is 2.17. The van der Waals surface area contributed by atoms with E-state index in [2.05, 4.69) is 35.5 Å². The number of nitrogens with one attached hydrogen (secondary N) is 1. The molecule has 1 saturated carbocycles. The molecule has 0 radical (unpaired) electrons. The average molecular weight is 313 g/mol. The molecule has 0 atom stereocenters. The Morgan fingerprint density at radius 1 is 1.22 bits per heavy atom. The van der Waals surface area contributed by atoms with Crippen LogP contribution in [0.25, 0.3) is 10.9 Å². The quantitative estimate of drug-likeness (QED) is 0.890. The minimum Gasteiger partial charge on any atom is -0.353 e. The lowest BCUT2D eigenvalue weighted by molar-refractivity contribution is -0.121. The van der Waals surface area contributed by atoms with Gasteiger partial charge in [0, 0.05) is 30.8 Å². The Hall–Kier alpha value is -1.81. The van der Waals surface area contributed by atoms with Crippen LogP contribution in [0.2, 0.25) is 0 Å². The summed E-state index contributed by atoms with van der Waals surface area (Å²) in [5.74, 6) is 0.0865. The number of aromatic nitrogens is 1. The van der Waals surface area contributed by atoms with Gasteiger partial charge in [0.15, 0.2) is 0 Å². The summed E-state index contributed by atoms with van der Waals surface area (Å²) < 4.78 is 2.01. The third-order valence-corrected chi connectivity index (χ3v) is 4.98. The van der Waals surface area contributed by atoms with Crippen molar-refractivity contribution >= 4 is 16.8 Å². The van der Waals surface area contributed by atoms with Crippen LogP contribution in [0.4, 0.5) is 0 Å². The van der Waals surface area contributed by atoms with Crippen molar-refractivity contribution in [2.75, 3.05) is 20.1 Å². The second-order valence-electron chi connectivity index (χ2n) is 6.62. The summed E-state index contributed by atoms with van der Waals surface area (Å²) in [7, 11) is 2.18. The lowest BCUT2D eigenvalue weighted by atomic mass is 9.94. The zero-order valence-corrected chi connectivity index (χ0v) is 14.0. The van der Waals surface area contributed by atoms with E-state index in [9.17, 15) is 4.79 Å². The molecule has 0 bridgehead atoms. The number of para-hydroxylation sites is 1. The number of hydrogen-bond acceptors (Lipinski definition) is 2. The summed E-state index contributed by atoms with van der Waals surface area (Å²) in [6, 6.07) is 10.9. The lowest BCUT2D eigenvalue weighted by Gasteiger charge is -2.31. The smallest absolute Gasteiger partial charge is 0.239 e. The molecular weight excluding hydrogens is 286 g/mol. The Labute approximate surface area is 138 Å². The van der Waals surface area contributed by atoms with Crippen LogP contribution in [0.5, 0.6) is 0 Å². The van der Waals surface area contributed by atoms with Gasteiger partial charge in [0.05, 0.1) is 0 Å². The SMILES string of the molecule is CN(CCNC(=O)Cn1ccc2ccccc21)C1CCCCC1. The first-order valence-corrected chi connectivity index (χ1v) is 8.75. The molecule has 0 spiro atoms. The summed E-state index contributed by atoms with van der Waals surface area (Å²) in [4.78, 5) is 14.6. The third-order valence-electron chi connectivity index (χ3n) is 4.98. The number of fused-ring (bicyclic) bond motifs is 1. The third kappa shape index (κ3) is 4.14. The molecule has 23 heavy (non-hydrogen) atoms. The first-order chi connectivity index (χ1) is 11.2. The summed E-state index contributed by atoms with van der Waals surface area (Å²) in [6.07, 6.45) is 8.67. The van der Waals surface area contributed by atoms with Crippen LogP contribution < -0.4 is 5.32 Å². The Balaban J connectivity index is 1.44. The van der Waals surface area contributed by atoms with Crippen molar-refractivity contribution in [2.45, 2.75) is 44.7 Å². The fourth-order valence-corrected chi connectivity index (χ4v) is 3.57. The minimum atomic E-state index is 0.0865. The van der Waals surface area contributed by atoms with Crippen molar-refractivity contribution in [1.82, 2.24) is 14.8 Å². The van der Waals surface area contributed by atoms with Gasteiger partial charge in [-0.2, -0.15) is 0 Å². The fourth-order valence-electron chi connectivity index (χ4n) is 3.57. The molecule has 0 saturated heterocycles. The maximum atomic E-state index is 12.2. The first kappa shape index (κ1) is 16.1. The molecule has 1 aromatic heterocycles. The molecule has 1 fully saturated rings. The predicted octanol–water partition coefficient (Wildman–Crippen LogP) is 3.02. The molecule has 0 unspecified atom stereocenters. The maximum absolute atomic E-state index is 12.2. The molecule has 1 aliphatic carbocycles. The highest BCUT2D eigenvalue weighted by molar-refractivity contribution is 5.83. The van der Waals surface area contributed by atoms with Crippen molar-refractivity contribution in [3.63, 3.8) is 0 Å². The van der Waals surface area contributed by atoms with E-state index < -0.39 is 0 Å². The maximum Gasteiger partial charge on any atom is 0.239 e. The van der Waals surface area contributed by atoms with Gasteiger partial charge in [-0.1, -0.05) is 37.5 Å². The topological polar surface area (TPSA) is 37.3 Å². The van der Waals surface area contributed by atoms with E-state index >= 15 is 0 Å². The monoisotopic (exact) mass is 313 g/mol. The van der Waals surface area contributed by atoms with Crippen LogP contribution in [0.15, 0.2) is 36.5 Å². The standard InChI is InChI=1S/C19H27N3O/c1-21(17-8-3-2-4-9-17)14-12-20-19(23)15-22-13-11-16-7-5-6-10-18(16)22/h5-7,10-11,13,17H,2-4,8-9,12,14-15H2,1H3,(H,20,23). The van der Waals surface area contributed by atoms with Gasteiger partial charge in [0.1, 0.15) is 6.54 Å². The van der Waals surface area contributed by atoms with Crippen molar-refractivity contribution in [2.24, 2.45) is 0 Å². The molecule has 1 N–H and O–H groups in total. The van der Waals surface area contributed by atoms with Crippen molar-refractivity contribution in [3.05, 3.63) is 36.5 Å². The molecule has 4 nitrogen and oxygen atoms in total. The van der Waals surface area contributed by atoms with Gasteiger partial charge in [-0.3, -0.25) is 4.79 Å². The highest BCUT2D eigenvalue weighted by atomic mass is 16.1. The Kier molecular flexibility index (Phi) is 5.34. The van der Waals surface area contributed by atoms with E-state index in [1.165, 1.54) is 37.5 Å². The van der Waals surface area contributed by atoms with Crippen LogP contribution in [0.1, 0.15) is 32.1 Å². The fraction of sp³-hybridized carbons (Fsp3) is 0.526. The zero-order chi connectivity index (χ0) is 16.1. The van der Waals surface area contributed by atoms with Crippen LogP contribution >= 0.6 is 0 Å². The average Bonchev–Trinajstić information content (AvgIpc) is 2.99. The van der Waals surface area contributed by atoms with Gasteiger partial charge >= 0.3 is 0 Å². The summed E-state index contributed by atoms with van der Waals surface area (Å²) in [6.45, 7) is 2.05. The van der Waals surface area contributed by atoms with Gasteiger partial charge in [-0.05, 0) is 37.4 Å². The summed E-state index contributed by atoms with van der Waals surface area (Å²) in [5, 5.41) is 4.23. The normalized spacial score (nSPS) is 16.1. The zero-order valence-electron chi connectivity index (χ0n) is 14.0. The molecule has 1 aromatic carbocycles. The molecule has 1 aliphatic rings. The number of likely N-dealkylation sites (N-methyl/N-ethyl adjacent to an activating group) is 1. The van der Waals surface area contributed by atoms with Gasteiger partial charge < -0.3 is 14.8 Å². The van der Waals surface area contributed by atoms with Crippen molar-refractivity contribution in [1.29, 1.82) is 0 Å². The van der Waals surface area contributed by atoms with Crippen LogP contribution in [0, 0.1) is 0 Å². The van der Waals surface area contributed by atoms with E-state index in [0.717, 1.165) is 18.6 Å². The molecule has 124 valence electrons. The molecule has 2 aromatic rings. The Bertz CT molecular complexity index is 643. The Morgan fingerprint density at radius 2 is 2.00 bits per heavy atom. The second kappa shape index (κ2) is 7.64. The van der Waals surface area contributed by atoms with E-state index in [-0.39, 0.29) is 5.91 Å². The van der Waals surface area contributed by atoms with E-state index in [4.69, 9.17) is 0 Å². The van der Waals surface area contributed by atoms with Crippen LogP contribution in [-0.4, -0.2) is 41.6 Å². The van der Waals surface area contributed by atoms with Crippen LogP contribution in [0.3, 0.4) is 0 Å². The predicted molar refractivity (Wildman–Crippen MR) is 94.5 cm³/mol. The number of amides is 1. The number of rotatable bonds is 6. The number of hydrogen-bond donors (Lipinski definition) is 1. The number of benzene rings is 1. The van der Waals surface area contributed by atoms with E-state index in [1.54, 1.807) is 0 Å². The van der Waals surface area contributed by atoms with Gasteiger partial charge in [0.25, 0.3) is 0 Å². The molecular formula is C19H27N3O. The van der Waals surface area contributed by atoms with Crippen molar-refractivity contribution in [3.8, 4) is 0 Å². The van der Waals surface area contributed by atoms with Gasteiger partial charge in [-0.25, -0.2) is 0 Å². The molecule has 1 amide bonds. The molecule has 3 rings (SSSR count). The summed E-state index contributed by atoms with van der Waals surface area (Å²) >= 11 is 0. The lowest BCUT2D eigenvalue weighted by Crippen LogP contribution is -2.40. The minimum absolute atomic E-state index is 0.0865. The second-order valence-corrected chi connectivity index (χ2v) is 6.62. The summed E-state index contributed by atoms with van der Waals surface area (Å²) in [5.41, 5.74) is 1.11. The first-order valence-electron chi connectivity index (χ1n) is 8.75. The number of nitrogens with zero attached hydrogens (tertiary/aromatic N) is 2. The van der Waals surface area contributed by atoms with Gasteiger partial charge in [0.2, 0.25) is 5.91 Å². The van der Waals surface area contributed by atoms with Crippen molar-refractivity contribution < 1.29 is 4.79 Å². The highest BCUT2D eigenvalue weighted by Crippen LogP contribution is 2.21. The van der Waals surface area contributed by atoms with E-state index in [1.807, 2.05) is 22.9 Å². The van der Waals surface area contributed by atoms with Crippen LogP contribution in [-0.2, 0) is 11.3 Å². The molecule has 1 heterocycles. The van der Waals surface area contributed by atoms with E-state index in [0.29, 0.717) is 12.6 Å². The largest absolute Gasteiger partial charge is 0.353 e. The number of carbonyl (C=O) groups is 1. The Morgan fingerprint density at radius 3 is 2.83 bits per heavy atom. The molecule has 4 heteroatoms. The molecule has 0 aliphatic heterocycles. The van der Waals surface area contributed by atoms with Gasteiger partial charge in [-0.15, -0.1) is 0 Å². The number of carbonyl (C=O) groups excluding carboxylic acids is 1.